The molecule has 0 bridgehead atoms. The maximum Gasteiger partial charge on any atom is 0.266 e. The highest BCUT2D eigenvalue weighted by Crippen LogP contribution is 2.30. The van der Waals surface area contributed by atoms with Crippen molar-refractivity contribution in [2.45, 2.75) is 11.3 Å². The van der Waals surface area contributed by atoms with Gasteiger partial charge in [0.25, 0.3) is 10.0 Å². The van der Waals surface area contributed by atoms with Gasteiger partial charge in [0.15, 0.2) is 11.4 Å². The predicted octanol–water partition coefficient (Wildman–Crippen LogP) is 4.06. The van der Waals surface area contributed by atoms with Crippen LogP contribution in [0, 0.1) is 0 Å². The number of ether oxygens (including phenoxy) is 1. The van der Waals surface area contributed by atoms with E-state index in [4.69, 9.17) is 20.9 Å². The lowest BCUT2D eigenvalue weighted by Gasteiger charge is -2.11. The molecule has 6 nitrogen and oxygen atoms in total. The van der Waals surface area contributed by atoms with Gasteiger partial charge in [0.2, 0.25) is 0 Å². The fourth-order valence-electron chi connectivity index (χ4n) is 2.54. The molecular formula is C18H17ClN2O4S. The summed E-state index contributed by atoms with van der Waals surface area (Å²) >= 11 is 5.74. The summed E-state index contributed by atoms with van der Waals surface area (Å²) in [7, 11) is -2.51. The summed E-state index contributed by atoms with van der Waals surface area (Å²) in [4.78, 5) is 0.000472. The van der Waals surface area contributed by atoms with Crippen molar-refractivity contribution in [3.63, 3.8) is 0 Å². The first-order chi connectivity index (χ1) is 12.5. The van der Waals surface area contributed by atoms with Crippen LogP contribution in [0.15, 0.2) is 52.4 Å². The first-order valence-electron chi connectivity index (χ1n) is 7.76. The molecule has 0 unspecified atom stereocenters. The second-order valence-electron chi connectivity index (χ2n) is 5.52. The molecule has 136 valence electrons. The van der Waals surface area contributed by atoms with E-state index >= 15 is 0 Å². The molecule has 0 fully saturated rings. The summed E-state index contributed by atoms with van der Waals surface area (Å²) in [5.41, 5.74) is 2.22. The molecule has 0 amide bonds. The van der Waals surface area contributed by atoms with E-state index < -0.39 is 10.0 Å². The van der Waals surface area contributed by atoms with Crippen LogP contribution in [0.1, 0.15) is 11.1 Å². The lowest BCUT2D eigenvalue weighted by molar-refractivity contribution is 0.403. The molecule has 1 aromatic heterocycles. The Kier molecular flexibility index (Phi) is 5.20. The van der Waals surface area contributed by atoms with Crippen molar-refractivity contribution in [3.05, 3.63) is 54.1 Å². The van der Waals surface area contributed by atoms with E-state index in [0.717, 1.165) is 11.1 Å². The van der Waals surface area contributed by atoms with Gasteiger partial charge in [-0.15, -0.1) is 11.6 Å². The smallest absolute Gasteiger partial charge is 0.266 e. The summed E-state index contributed by atoms with van der Waals surface area (Å²) in [6.45, 7) is 3.66. The number of halogens is 1. The number of hydrogen-bond acceptors (Lipinski definition) is 5. The Morgan fingerprint density at radius 2 is 2.12 bits per heavy atom. The number of aryl methyl sites for hydroxylation is 1. The van der Waals surface area contributed by atoms with Crippen LogP contribution < -0.4 is 9.46 Å². The summed E-state index contributed by atoms with van der Waals surface area (Å²) in [6.07, 6.45) is 2.29. The molecule has 1 heterocycles. The number of methoxy groups -OCH3 is 1. The minimum absolute atomic E-state index is 0.000472. The van der Waals surface area contributed by atoms with Gasteiger partial charge in [0.1, 0.15) is 10.6 Å². The van der Waals surface area contributed by atoms with E-state index in [9.17, 15) is 8.42 Å². The zero-order valence-electron chi connectivity index (χ0n) is 14.0. The van der Waals surface area contributed by atoms with E-state index in [2.05, 4.69) is 16.5 Å². The molecule has 0 atom stereocenters. The number of rotatable bonds is 7. The molecule has 0 radical (unpaired) electrons. The topological polar surface area (TPSA) is 81.4 Å². The van der Waals surface area contributed by atoms with Crippen LogP contribution in [0.25, 0.3) is 17.0 Å². The Hall–Kier alpha value is -2.51. The number of alkyl halides is 1. The van der Waals surface area contributed by atoms with Crippen molar-refractivity contribution >= 4 is 44.5 Å². The number of sulfonamides is 1. The van der Waals surface area contributed by atoms with Gasteiger partial charge in [0, 0.05) is 5.88 Å². The Bertz CT molecular complexity index is 1060. The zero-order valence-corrected chi connectivity index (χ0v) is 15.6. The van der Waals surface area contributed by atoms with E-state index in [-0.39, 0.29) is 16.5 Å². The van der Waals surface area contributed by atoms with Gasteiger partial charge in [-0.2, -0.15) is 0 Å². The molecule has 0 aliphatic rings. The van der Waals surface area contributed by atoms with Crippen molar-refractivity contribution in [1.29, 1.82) is 0 Å². The predicted molar refractivity (Wildman–Crippen MR) is 102 cm³/mol. The molecule has 3 aromatic rings. The first kappa shape index (κ1) is 18.3. The van der Waals surface area contributed by atoms with E-state index in [1.807, 2.05) is 6.07 Å². The van der Waals surface area contributed by atoms with Crippen LogP contribution in [0.4, 0.5) is 5.82 Å². The lowest BCUT2D eigenvalue weighted by Crippen LogP contribution is -2.14. The maximum atomic E-state index is 12.8. The van der Waals surface area contributed by atoms with Crippen molar-refractivity contribution in [2.75, 3.05) is 17.7 Å². The van der Waals surface area contributed by atoms with Crippen LogP contribution in [0.5, 0.6) is 5.75 Å². The standard InChI is InChI=1S/C18H17ClN2O4S/c1-3-12-5-7-17(16(10-12)24-2)26(22,23)21-18-14-6-4-13(8-9-19)11-15(14)25-20-18/h3-7,10-11H,1,8-9H2,2H3,(H,20,21). The van der Waals surface area contributed by atoms with Crippen LogP contribution in [0.3, 0.4) is 0 Å². The van der Waals surface area contributed by atoms with Gasteiger partial charge < -0.3 is 9.26 Å². The Morgan fingerprint density at radius 1 is 1.31 bits per heavy atom. The summed E-state index contributed by atoms with van der Waals surface area (Å²) in [5, 5.41) is 4.40. The minimum atomic E-state index is -3.92. The maximum absolute atomic E-state index is 12.8. The SMILES string of the molecule is C=Cc1ccc(S(=O)(=O)Nc2noc3cc(CCCl)ccc23)c(OC)c1. The average molecular weight is 393 g/mol. The molecule has 0 saturated heterocycles. The monoisotopic (exact) mass is 392 g/mol. The van der Waals surface area contributed by atoms with Crippen molar-refractivity contribution in [1.82, 2.24) is 5.16 Å². The zero-order chi connectivity index (χ0) is 18.7. The Morgan fingerprint density at radius 3 is 2.81 bits per heavy atom. The highest BCUT2D eigenvalue weighted by atomic mass is 35.5. The molecule has 0 spiro atoms. The average Bonchev–Trinajstić information content (AvgIpc) is 3.02. The molecular weight excluding hydrogens is 376 g/mol. The fourth-order valence-corrected chi connectivity index (χ4v) is 3.92. The Balaban J connectivity index is 1.97. The van der Waals surface area contributed by atoms with Gasteiger partial charge in [-0.3, -0.25) is 4.72 Å². The van der Waals surface area contributed by atoms with E-state index in [1.165, 1.54) is 13.2 Å². The molecule has 0 saturated carbocycles. The fraction of sp³-hybridized carbons (Fsp3) is 0.167. The number of nitrogens with zero attached hydrogens (tertiary/aromatic N) is 1. The normalized spacial score (nSPS) is 11.5. The van der Waals surface area contributed by atoms with Gasteiger partial charge in [-0.25, -0.2) is 8.42 Å². The Labute approximate surface area is 156 Å². The minimum Gasteiger partial charge on any atom is -0.495 e. The number of fused-ring (bicyclic) bond motifs is 1. The van der Waals surface area contributed by atoms with Gasteiger partial charge in [-0.1, -0.05) is 29.9 Å². The number of aromatic nitrogens is 1. The van der Waals surface area contributed by atoms with Crippen molar-refractivity contribution in [2.24, 2.45) is 0 Å². The number of anilines is 1. The molecule has 0 aliphatic carbocycles. The quantitative estimate of drug-likeness (QED) is 0.613. The molecule has 26 heavy (non-hydrogen) atoms. The van der Waals surface area contributed by atoms with Crippen LogP contribution in [-0.4, -0.2) is 26.6 Å². The van der Waals surface area contributed by atoms with E-state index in [1.54, 1.807) is 30.3 Å². The largest absolute Gasteiger partial charge is 0.495 e. The van der Waals surface area contributed by atoms with Crippen molar-refractivity contribution < 1.29 is 17.7 Å². The second kappa shape index (κ2) is 7.39. The lowest BCUT2D eigenvalue weighted by atomic mass is 10.1. The molecule has 3 rings (SSSR count). The van der Waals surface area contributed by atoms with Crippen LogP contribution in [-0.2, 0) is 16.4 Å². The summed E-state index contributed by atoms with van der Waals surface area (Å²) < 4.78 is 38.5. The summed E-state index contributed by atoms with van der Waals surface area (Å²) in [5.74, 6) is 0.818. The highest BCUT2D eigenvalue weighted by Gasteiger charge is 2.22. The van der Waals surface area contributed by atoms with Gasteiger partial charge in [-0.05, 0) is 41.8 Å². The molecule has 0 aliphatic heterocycles. The molecule has 8 heteroatoms. The van der Waals surface area contributed by atoms with Crippen molar-refractivity contribution in [3.8, 4) is 5.75 Å². The van der Waals surface area contributed by atoms with Gasteiger partial charge in [0.05, 0.1) is 12.5 Å². The number of benzene rings is 2. The molecule has 2 aromatic carbocycles. The van der Waals surface area contributed by atoms with E-state index in [0.29, 0.717) is 23.3 Å². The summed E-state index contributed by atoms with van der Waals surface area (Å²) in [6, 6.07) is 10.1. The number of hydrogen-bond donors (Lipinski definition) is 1. The van der Waals surface area contributed by atoms with Gasteiger partial charge >= 0.3 is 0 Å². The van der Waals surface area contributed by atoms with Crippen LogP contribution in [0.2, 0.25) is 0 Å². The van der Waals surface area contributed by atoms with Crippen LogP contribution >= 0.6 is 11.6 Å². The molecule has 1 N–H and O–H groups in total. The first-order valence-corrected chi connectivity index (χ1v) is 9.78. The third-order valence-corrected chi connectivity index (χ3v) is 5.43. The third kappa shape index (κ3) is 3.54. The third-order valence-electron chi connectivity index (χ3n) is 3.86. The second-order valence-corrected chi connectivity index (χ2v) is 7.55. The number of nitrogens with one attached hydrogen (secondary N) is 1. The highest BCUT2D eigenvalue weighted by molar-refractivity contribution is 7.92.